The van der Waals surface area contributed by atoms with Gasteiger partial charge in [0.1, 0.15) is 0 Å². The molecule has 0 spiro atoms. The van der Waals surface area contributed by atoms with Crippen LogP contribution in [0.4, 0.5) is 0 Å². The number of carbonyl (C=O) groups excluding carboxylic acids is 2. The predicted octanol–water partition coefficient (Wildman–Crippen LogP) is 0.174. The van der Waals surface area contributed by atoms with Crippen molar-refractivity contribution >= 4 is 11.9 Å². The Bertz CT molecular complexity index is 348. The standard InChI is InChI=1S/C13H20N2O3/c1-18-13(17)11-4-2-10(3-5-11)12(16)15-8-6-14-7-9-15/h2,4,10-11,14H,3,5-9H2,1H3. The zero-order valence-corrected chi connectivity index (χ0v) is 10.7. The van der Waals surface area contributed by atoms with Crippen molar-refractivity contribution in [2.45, 2.75) is 12.8 Å². The minimum atomic E-state index is -0.209. The molecule has 0 saturated carbocycles. The van der Waals surface area contributed by atoms with E-state index in [1.54, 1.807) is 0 Å². The van der Waals surface area contributed by atoms with Crippen LogP contribution in [0.5, 0.6) is 0 Å². The summed E-state index contributed by atoms with van der Waals surface area (Å²) in [7, 11) is 1.40. The molecule has 1 N–H and O–H groups in total. The topological polar surface area (TPSA) is 58.6 Å². The lowest BCUT2D eigenvalue weighted by Crippen LogP contribution is -2.48. The summed E-state index contributed by atoms with van der Waals surface area (Å²) in [6.07, 6.45) is 5.13. The molecule has 1 heterocycles. The van der Waals surface area contributed by atoms with Crippen LogP contribution in [-0.2, 0) is 14.3 Å². The van der Waals surface area contributed by atoms with E-state index < -0.39 is 0 Å². The third-order valence-electron chi connectivity index (χ3n) is 3.61. The zero-order valence-electron chi connectivity index (χ0n) is 10.7. The van der Waals surface area contributed by atoms with E-state index in [1.165, 1.54) is 7.11 Å². The number of hydrogen-bond acceptors (Lipinski definition) is 4. The molecule has 100 valence electrons. The average molecular weight is 252 g/mol. The van der Waals surface area contributed by atoms with Crippen LogP contribution in [0.3, 0.4) is 0 Å². The molecule has 2 rings (SSSR count). The van der Waals surface area contributed by atoms with E-state index in [0.717, 1.165) is 32.6 Å². The lowest BCUT2D eigenvalue weighted by atomic mass is 9.87. The van der Waals surface area contributed by atoms with Gasteiger partial charge in [0.25, 0.3) is 0 Å². The van der Waals surface area contributed by atoms with Crippen LogP contribution in [0, 0.1) is 11.8 Å². The maximum Gasteiger partial charge on any atom is 0.312 e. The minimum absolute atomic E-state index is 0.0657. The number of ether oxygens (including phenoxy) is 1. The molecule has 18 heavy (non-hydrogen) atoms. The van der Waals surface area contributed by atoms with Crippen molar-refractivity contribution in [2.24, 2.45) is 11.8 Å². The fourth-order valence-corrected chi connectivity index (χ4v) is 2.49. The number of rotatable bonds is 2. The molecule has 1 amide bonds. The largest absolute Gasteiger partial charge is 0.469 e. The first-order chi connectivity index (χ1) is 8.72. The fourth-order valence-electron chi connectivity index (χ4n) is 2.49. The molecule has 0 aromatic heterocycles. The second-order valence-electron chi connectivity index (χ2n) is 4.77. The third-order valence-corrected chi connectivity index (χ3v) is 3.61. The highest BCUT2D eigenvalue weighted by Gasteiger charge is 2.29. The van der Waals surface area contributed by atoms with Crippen LogP contribution < -0.4 is 5.32 Å². The molecule has 1 aliphatic heterocycles. The summed E-state index contributed by atoms with van der Waals surface area (Å²) in [4.78, 5) is 25.5. The van der Waals surface area contributed by atoms with Crippen LogP contribution in [0.2, 0.25) is 0 Å². The molecule has 1 aliphatic carbocycles. The van der Waals surface area contributed by atoms with Crippen LogP contribution in [0.1, 0.15) is 12.8 Å². The van der Waals surface area contributed by atoms with Gasteiger partial charge in [0.15, 0.2) is 0 Å². The molecule has 0 radical (unpaired) electrons. The van der Waals surface area contributed by atoms with Gasteiger partial charge in [-0.05, 0) is 12.8 Å². The highest BCUT2D eigenvalue weighted by atomic mass is 16.5. The lowest BCUT2D eigenvalue weighted by molar-refractivity contribution is -0.145. The van der Waals surface area contributed by atoms with Crippen molar-refractivity contribution in [1.29, 1.82) is 0 Å². The molecular formula is C13H20N2O3. The van der Waals surface area contributed by atoms with E-state index >= 15 is 0 Å². The van der Waals surface area contributed by atoms with Crippen LogP contribution in [-0.4, -0.2) is 50.1 Å². The number of carbonyl (C=O) groups is 2. The van der Waals surface area contributed by atoms with Crippen LogP contribution in [0.25, 0.3) is 0 Å². The molecule has 1 saturated heterocycles. The Balaban J connectivity index is 1.91. The molecule has 0 aromatic rings. The first-order valence-corrected chi connectivity index (χ1v) is 6.48. The van der Waals surface area contributed by atoms with Gasteiger partial charge in [-0.25, -0.2) is 0 Å². The third kappa shape index (κ3) is 2.90. The number of methoxy groups -OCH3 is 1. The Labute approximate surface area is 107 Å². The van der Waals surface area contributed by atoms with Crippen LogP contribution >= 0.6 is 0 Å². The Morgan fingerprint density at radius 3 is 2.33 bits per heavy atom. The SMILES string of the molecule is COC(=O)C1C=CC(C(=O)N2CCNCC2)CC1. The normalized spacial score (nSPS) is 27.9. The molecular weight excluding hydrogens is 232 g/mol. The molecule has 2 unspecified atom stereocenters. The summed E-state index contributed by atoms with van der Waals surface area (Å²) in [6, 6.07) is 0. The maximum atomic E-state index is 12.2. The molecule has 0 aromatic carbocycles. The van der Waals surface area contributed by atoms with Crippen molar-refractivity contribution in [3.63, 3.8) is 0 Å². The number of nitrogens with zero attached hydrogens (tertiary/aromatic N) is 1. The fraction of sp³-hybridized carbons (Fsp3) is 0.692. The first kappa shape index (κ1) is 13.1. The molecule has 5 heteroatoms. The number of nitrogens with one attached hydrogen (secondary N) is 1. The highest BCUT2D eigenvalue weighted by molar-refractivity contribution is 5.82. The Kier molecular flexibility index (Phi) is 4.36. The van der Waals surface area contributed by atoms with E-state index in [1.807, 2.05) is 17.1 Å². The molecule has 2 aliphatic rings. The molecule has 2 atom stereocenters. The maximum absolute atomic E-state index is 12.2. The van der Waals surface area contributed by atoms with Gasteiger partial charge in [0, 0.05) is 26.2 Å². The van der Waals surface area contributed by atoms with Gasteiger partial charge in [-0.1, -0.05) is 12.2 Å². The number of esters is 1. The molecule has 0 bridgehead atoms. The van der Waals surface area contributed by atoms with Gasteiger partial charge >= 0.3 is 5.97 Å². The van der Waals surface area contributed by atoms with Gasteiger partial charge in [-0.2, -0.15) is 0 Å². The molecule has 5 nitrogen and oxygen atoms in total. The van der Waals surface area contributed by atoms with E-state index in [-0.39, 0.29) is 23.7 Å². The molecule has 1 fully saturated rings. The summed E-state index contributed by atoms with van der Waals surface area (Å²) in [5.41, 5.74) is 0. The van der Waals surface area contributed by atoms with Gasteiger partial charge in [0.05, 0.1) is 18.9 Å². The van der Waals surface area contributed by atoms with Crippen molar-refractivity contribution in [3.05, 3.63) is 12.2 Å². The summed E-state index contributed by atoms with van der Waals surface area (Å²) >= 11 is 0. The van der Waals surface area contributed by atoms with Crippen molar-refractivity contribution < 1.29 is 14.3 Å². The summed E-state index contributed by atoms with van der Waals surface area (Å²) in [5, 5.41) is 3.23. The summed E-state index contributed by atoms with van der Waals surface area (Å²) in [6.45, 7) is 3.30. The monoisotopic (exact) mass is 252 g/mol. The minimum Gasteiger partial charge on any atom is -0.469 e. The highest BCUT2D eigenvalue weighted by Crippen LogP contribution is 2.24. The van der Waals surface area contributed by atoms with Gasteiger partial charge in [-0.3, -0.25) is 9.59 Å². The summed E-state index contributed by atoms with van der Waals surface area (Å²) < 4.78 is 4.71. The van der Waals surface area contributed by atoms with E-state index in [0.29, 0.717) is 6.42 Å². The van der Waals surface area contributed by atoms with Gasteiger partial charge in [0.2, 0.25) is 5.91 Å². The van der Waals surface area contributed by atoms with Gasteiger partial charge in [-0.15, -0.1) is 0 Å². The van der Waals surface area contributed by atoms with E-state index in [4.69, 9.17) is 4.74 Å². The Hall–Kier alpha value is -1.36. The van der Waals surface area contributed by atoms with Crippen molar-refractivity contribution in [2.75, 3.05) is 33.3 Å². The first-order valence-electron chi connectivity index (χ1n) is 6.48. The van der Waals surface area contributed by atoms with Gasteiger partial charge < -0.3 is 15.0 Å². The predicted molar refractivity (Wildman–Crippen MR) is 66.8 cm³/mol. The Morgan fingerprint density at radius 1 is 1.17 bits per heavy atom. The van der Waals surface area contributed by atoms with Crippen LogP contribution in [0.15, 0.2) is 12.2 Å². The van der Waals surface area contributed by atoms with E-state index in [2.05, 4.69) is 5.32 Å². The summed E-state index contributed by atoms with van der Waals surface area (Å²) in [5.74, 6) is -0.263. The smallest absolute Gasteiger partial charge is 0.312 e. The quantitative estimate of drug-likeness (QED) is 0.562. The lowest BCUT2D eigenvalue weighted by Gasteiger charge is -2.31. The number of amides is 1. The van der Waals surface area contributed by atoms with E-state index in [9.17, 15) is 9.59 Å². The Morgan fingerprint density at radius 2 is 1.78 bits per heavy atom. The number of hydrogen-bond donors (Lipinski definition) is 1. The zero-order chi connectivity index (χ0) is 13.0. The average Bonchev–Trinajstić information content (AvgIpc) is 2.47. The number of piperazine rings is 1. The van der Waals surface area contributed by atoms with Crippen molar-refractivity contribution in [3.8, 4) is 0 Å². The second kappa shape index (κ2) is 6.00. The second-order valence-corrected chi connectivity index (χ2v) is 4.77. The van der Waals surface area contributed by atoms with Crippen molar-refractivity contribution in [1.82, 2.24) is 10.2 Å².